The molecule has 2 rings (SSSR count). The summed E-state index contributed by atoms with van der Waals surface area (Å²) < 4.78 is 2.71. The molecule has 0 aliphatic rings. The summed E-state index contributed by atoms with van der Waals surface area (Å²) in [5.74, 6) is 0. The molecular formula is C12H13BrN2O. The monoisotopic (exact) mass is 280 g/mol. The molecule has 0 saturated heterocycles. The summed E-state index contributed by atoms with van der Waals surface area (Å²) in [7, 11) is 1.84. The van der Waals surface area contributed by atoms with E-state index in [4.69, 9.17) is 0 Å². The molecule has 4 heteroatoms. The Morgan fingerprint density at radius 3 is 2.75 bits per heavy atom. The SMILES string of the molecule is Cn1ccc(C(O)Cc2ccccc2Br)n1. The van der Waals surface area contributed by atoms with E-state index in [1.54, 1.807) is 4.68 Å². The van der Waals surface area contributed by atoms with Gasteiger partial charge in [0, 0.05) is 24.1 Å². The van der Waals surface area contributed by atoms with Crippen LogP contribution >= 0.6 is 15.9 Å². The highest BCUT2D eigenvalue weighted by atomic mass is 79.9. The second-order valence-corrected chi connectivity index (χ2v) is 4.58. The fraction of sp³-hybridized carbons (Fsp3) is 0.250. The van der Waals surface area contributed by atoms with Crippen molar-refractivity contribution in [1.82, 2.24) is 9.78 Å². The van der Waals surface area contributed by atoms with Crippen LogP contribution < -0.4 is 0 Å². The predicted molar refractivity (Wildman–Crippen MR) is 66.0 cm³/mol. The molecule has 1 heterocycles. The maximum absolute atomic E-state index is 10.0. The maximum Gasteiger partial charge on any atom is 0.102 e. The van der Waals surface area contributed by atoms with E-state index in [9.17, 15) is 5.11 Å². The van der Waals surface area contributed by atoms with E-state index in [2.05, 4.69) is 21.0 Å². The first-order valence-electron chi connectivity index (χ1n) is 5.08. The zero-order valence-electron chi connectivity index (χ0n) is 8.97. The van der Waals surface area contributed by atoms with E-state index in [1.165, 1.54) is 0 Å². The number of aliphatic hydroxyl groups is 1. The molecule has 16 heavy (non-hydrogen) atoms. The van der Waals surface area contributed by atoms with E-state index in [0.717, 1.165) is 10.0 Å². The van der Waals surface area contributed by atoms with E-state index in [-0.39, 0.29) is 0 Å². The average molecular weight is 281 g/mol. The van der Waals surface area contributed by atoms with E-state index >= 15 is 0 Å². The molecule has 3 nitrogen and oxygen atoms in total. The maximum atomic E-state index is 10.0. The summed E-state index contributed by atoms with van der Waals surface area (Å²) in [6, 6.07) is 9.73. The summed E-state index contributed by atoms with van der Waals surface area (Å²) in [5.41, 5.74) is 1.79. The highest BCUT2D eigenvalue weighted by Crippen LogP contribution is 2.22. The lowest BCUT2D eigenvalue weighted by molar-refractivity contribution is 0.172. The number of aromatic nitrogens is 2. The van der Waals surface area contributed by atoms with Crippen LogP contribution in [-0.4, -0.2) is 14.9 Å². The quantitative estimate of drug-likeness (QED) is 0.938. The van der Waals surface area contributed by atoms with Crippen LogP contribution in [0.1, 0.15) is 17.4 Å². The van der Waals surface area contributed by atoms with E-state index in [0.29, 0.717) is 12.1 Å². The van der Waals surface area contributed by atoms with Gasteiger partial charge < -0.3 is 5.11 Å². The van der Waals surface area contributed by atoms with Gasteiger partial charge in [-0.25, -0.2) is 0 Å². The average Bonchev–Trinajstić information content (AvgIpc) is 2.68. The highest BCUT2D eigenvalue weighted by molar-refractivity contribution is 9.10. The Kier molecular flexibility index (Phi) is 3.41. The number of nitrogens with zero attached hydrogens (tertiary/aromatic N) is 2. The normalized spacial score (nSPS) is 12.7. The third kappa shape index (κ3) is 2.51. The largest absolute Gasteiger partial charge is 0.386 e. The second kappa shape index (κ2) is 4.80. The first-order chi connectivity index (χ1) is 7.66. The first kappa shape index (κ1) is 11.4. The number of aryl methyl sites for hydroxylation is 1. The molecule has 1 N–H and O–H groups in total. The standard InChI is InChI=1S/C12H13BrN2O/c1-15-7-6-11(14-15)12(16)8-9-4-2-3-5-10(9)13/h2-7,12,16H,8H2,1H3. The Balaban J connectivity index is 2.13. The van der Waals surface area contributed by atoms with Gasteiger partial charge in [0.05, 0.1) is 5.69 Å². The van der Waals surface area contributed by atoms with Crippen LogP contribution in [-0.2, 0) is 13.5 Å². The van der Waals surface area contributed by atoms with Crippen LogP contribution in [0.5, 0.6) is 0 Å². The van der Waals surface area contributed by atoms with Crippen LogP contribution in [0.4, 0.5) is 0 Å². The summed E-state index contributed by atoms with van der Waals surface area (Å²) in [4.78, 5) is 0. The molecule has 0 bridgehead atoms. The lowest BCUT2D eigenvalue weighted by Crippen LogP contribution is -2.04. The van der Waals surface area contributed by atoms with Crippen molar-refractivity contribution in [1.29, 1.82) is 0 Å². The highest BCUT2D eigenvalue weighted by Gasteiger charge is 2.12. The Morgan fingerprint density at radius 2 is 2.12 bits per heavy atom. The third-order valence-corrected chi connectivity index (χ3v) is 3.22. The van der Waals surface area contributed by atoms with Crippen molar-refractivity contribution in [2.24, 2.45) is 7.05 Å². The number of aliphatic hydroxyl groups excluding tert-OH is 1. The van der Waals surface area contributed by atoms with Crippen molar-refractivity contribution in [2.45, 2.75) is 12.5 Å². The fourth-order valence-corrected chi connectivity index (χ4v) is 2.03. The minimum absolute atomic E-state index is 0.556. The van der Waals surface area contributed by atoms with Crippen LogP contribution in [0.2, 0.25) is 0 Å². The summed E-state index contributed by atoms with van der Waals surface area (Å²) in [6.45, 7) is 0. The first-order valence-corrected chi connectivity index (χ1v) is 5.87. The van der Waals surface area contributed by atoms with Crippen LogP contribution in [0.15, 0.2) is 41.0 Å². The number of hydrogen-bond donors (Lipinski definition) is 1. The zero-order valence-corrected chi connectivity index (χ0v) is 10.6. The topological polar surface area (TPSA) is 38.0 Å². The minimum Gasteiger partial charge on any atom is -0.386 e. The predicted octanol–water partition coefficient (Wildman–Crippen LogP) is 2.46. The van der Waals surface area contributed by atoms with Crippen LogP contribution in [0.3, 0.4) is 0 Å². The van der Waals surface area contributed by atoms with Gasteiger partial charge in [-0.05, 0) is 17.7 Å². The molecule has 1 atom stereocenters. The molecular weight excluding hydrogens is 268 g/mol. The second-order valence-electron chi connectivity index (χ2n) is 3.73. The third-order valence-electron chi connectivity index (χ3n) is 2.45. The Morgan fingerprint density at radius 1 is 1.38 bits per heavy atom. The van der Waals surface area contributed by atoms with Crippen LogP contribution in [0.25, 0.3) is 0 Å². The number of halogens is 1. The molecule has 0 amide bonds. The van der Waals surface area contributed by atoms with Gasteiger partial charge >= 0.3 is 0 Å². The molecule has 0 saturated carbocycles. The van der Waals surface area contributed by atoms with Crippen molar-refractivity contribution in [3.63, 3.8) is 0 Å². The minimum atomic E-state index is -0.556. The molecule has 2 aromatic rings. The Bertz CT molecular complexity index is 481. The number of rotatable bonds is 3. The molecule has 84 valence electrons. The van der Waals surface area contributed by atoms with Gasteiger partial charge in [0.2, 0.25) is 0 Å². The van der Waals surface area contributed by atoms with Gasteiger partial charge in [0.25, 0.3) is 0 Å². The molecule has 0 aliphatic carbocycles. The Hall–Kier alpha value is -1.13. The summed E-state index contributed by atoms with van der Waals surface area (Å²) in [6.07, 6.45) is 1.84. The summed E-state index contributed by atoms with van der Waals surface area (Å²) >= 11 is 3.47. The van der Waals surface area contributed by atoms with Gasteiger partial charge in [0.15, 0.2) is 0 Å². The van der Waals surface area contributed by atoms with Gasteiger partial charge in [-0.3, -0.25) is 4.68 Å². The van der Waals surface area contributed by atoms with Crippen molar-refractivity contribution in [2.75, 3.05) is 0 Å². The summed E-state index contributed by atoms with van der Waals surface area (Å²) in [5, 5.41) is 14.2. The Labute approximate surface area is 103 Å². The molecule has 0 spiro atoms. The van der Waals surface area contributed by atoms with Gasteiger partial charge in [0.1, 0.15) is 6.10 Å². The van der Waals surface area contributed by atoms with E-state index in [1.807, 2.05) is 43.6 Å². The van der Waals surface area contributed by atoms with Gasteiger partial charge in [-0.1, -0.05) is 34.1 Å². The lowest BCUT2D eigenvalue weighted by atomic mass is 10.1. The molecule has 0 radical (unpaired) electrons. The van der Waals surface area contributed by atoms with Crippen molar-refractivity contribution in [3.05, 3.63) is 52.3 Å². The van der Waals surface area contributed by atoms with Crippen LogP contribution in [0, 0.1) is 0 Å². The molecule has 1 aromatic heterocycles. The number of hydrogen-bond acceptors (Lipinski definition) is 2. The lowest BCUT2D eigenvalue weighted by Gasteiger charge is -2.09. The smallest absolute Gasteiger partial charge is 0.102 e. The van der Waals surface area contributed by atoms with Crippen molar-refractivity contribution >= 4 is 15.9 Å². The van der Waals surface area contributed by atoms with E-state index < -0.39 is 6.10 Å². The fourth-order valence-electron chi connectivity index (χ4n) is 1.59. The zero-order chi connectivity index (χ0) is 11.5. The molecule has 1 unspecified atom stereocenters. The molecule has 0 fully saturated rings. The number of benzene rings is 1. The molecule has 0 aliphatic heterocycles. The van der Waals surface area contributed by atoms with Crippen molar-refractivity contribution in [3.8, 4) is 0 Å². The van der Waals surface area contributed by atoms with Gasteiger partial charge in [-0.2, -0.15) is 5.10 Å². The van der Waals surface area contributed by atoms with Gasteiger partial charge in [-0.15, -0.1) is 0 Å². The van der Waals surface area contributed by atoms with Crippen molar-refractivity contribution < 1.29 is 5.11 Å². The molecule has 1 aromatic carbocycles.